The number of nitrogens with zero attached hydrogens (tertiary/aromatic N) is 1. The van der Waals surface area contributed by atoms with Crippen molar-refractivity contribution in [2.24, 2.45) is 11.7 Å². The van der Waals surface area contributed by atoms with Crippen LogP contribution >= 0.6 is 0 Å². The zero-order chi connectivity index (χ0) is 7.68. The fourth-order valence-electron chi connectivity index (χ4n) is 1.92. The summed E-state index contributed by atoms with van der Waals surface area (Å²) in [5.41, 5.74) is 5.88. The molecule has 0 aromatic heterocycles. The van der Waals surface area contributed by atoms with Crippen molar-refractivity contribution in [2.45, 2.75) is 31.7 Å². The molecule has 0 aromatic rings. The average Bonchev–Trinajstić information content (AvgIpc) is 2.71. The van der Waals surface area contributed by atoms with Crippen LogP contribution in [0, 0.1) is 5.92 Å². The minimum atomic E-state index is 0.461. The highest BCUT2D eigenvalue weighted by Gasteiger charge is 2.26. The normalized spacial score (nSPS) is 34.1. The van der Waals surface area contributed by atoms with Gasteiger partial charge in [0.2, 0.25) is 0 Å². The molecule has 0 radical (unpaired) electrons. The molecule has 0 spiro atoms. The van der Waals surface area contributed by atoms with Gasteiger partial charge in [0.25, 0.3) is 0 Å². The van der Waals surface area contributed by atoms with Crippen LogP contribution in [-0.4, -0.2) is 30.6 Å². The fourth-order valence-corrected chi connectivity index (χ4v) is 1.92. The second-order valence-corrected chi connectivity index (χ2v) is 4.11. The summed E-state index contributed by atoms with van der Waals surface area (Å²) in [6, 6.07) is 0.461. The first-order valence-corrected chi connectivity index (χ1v) is 4.82. The van der Waals surface area contributed by atoms with Crippen molar-refractivity contribution in [3.8, 4) is 0 Å². The number of piperidine rings is 1. The van der Waals surface area contributed by atoms with Crippen LogP contribution in [0.3, 0.4) is 0 Å². The Morgan fingerprint density at radius 2 is 2.09 bits per heavy atom. The average molecular weight is 154 g/mol. The molecule has 2 aliphatic rings. The minimum absolute atomic E-state index is 0.461. The number of likely N-dealkylation sites (tertiary alicyclic amines) is 1. The quantitative estimate of drug-likeness (QED) is 0.638. The Morgan fingerprint density at radius 1 is 1.27 bits per heavy atom. The summed E-state index contributed by atoms with van der Waals surface area (Å²) in [7, 11) is 0. The van der Waals surface area contributed by atoms with Crippen LogP contribution < -0.4 is 5.73 Å². The molecule has 1 saturated carbocycles. The molecule has 2 rings (SSSR count). The van der Waals surface area contributed by atoms with Crippen LogP contribution in [0.4, 0.5) is 0 Å². The number of rotatable bonds is 2. The van der Waals surface area contributed by atoms with Gasteiger partial charge in [0.15, 0.2) is 0 Å². The van der Waals surface area contributed by atoms with E-state index < -0.39 is 0 Å². The number of nitrogens with two attached hydrogens (primary N) is 1. The van der Waals surface area contributed by atoms with Gasteiger partial charge < -0.3 is 10.6 Å². The largest absolute Gasteiger partial charge is 0.327 e. The van der Waals surface area contributed by atoms with Crippen molar-refractivity contribution in [1.29, 1.82) is 0 Å². The summed E-state index contributed by atoms with van der Waals surface area (Å²) in [5.74, 6) is 1.03. The van der Waals surface area contributed by atoms with Gasteiger partial charge in [-0.25, -0.2) is 0 Å². The molecule has 2 fully saturated rings. The molecule has 0 aromatic carbocycles. The molecule has 2 heteroatoms. The third-order valence-corrected chi connectivity index (χ3v) is 2.76. The zero-order valence-corrected chi connectivity index (χ0v) is 7.13. The zero-order valence-electron chi connectivity index (χ0n) is 7.13. The van der Waals surface area contributed by atoms with Crippen LogP contribution in [0.2, 0.25) is 0 Å². The second-order valence-electron chi connectivity index (χ2n) is 4.11. The predicted octanol–water partition coefficient (Wildman–Crippen LogP) is 0.819. The molecule has 0 unspecified atom stereocenters. The van der Waals surface area contributed by atoms with E-state index >= 15 is 0 Å². The molecule has 64 valence electrons. The summed E-state index contributed by atoms with van der Waals surface area (Å²) in [4.78, 5) is 2.55. The Labute approximate surface area is 68.7 Å². The van der Waals surface area contributed by atoms with Crippen molar-refractivity contribution in [1.82, 2.24) is 4.90 Å². The van der Waals surface area contributed by atoms with Gasteiger partial charge in [-0.15, -0.1) is 0 Å². The van der Waals surface area contributed by atoms with E-state index in [1.54, 1.807) is 0 Å². The van der Waals surface area contributed by atoms with Crippen LogP contribution in [0.25, 0.3) is 0 Å². The molecule has 1 aliphatic carbocycles. The maximum Gasteiger partial charge on any atom is 0.0168 e. The minimum Gasteiger partial charge on any atom is -0.327 e. The smallest absolute Gasteiger partial charge is 0.0168 e. The third kappa shape index (κ3) is 2.17. The monoisotopic (exact) mass is 154 g/mol. The van der Waals surface area contributed by atoms with E-state index in [4.69, 9.17) is 5.73 Å². The molecule has 0 bridgehead atoms. The molecular weight excluding hydrogens is 136 g/mol. The fraction of sp³-hybridized carbons (Fsp3) is 1.00. The van der Waals surface area contributed by atoms with E-state index in [9.17, 15) is 0 Å². The lowest BCUT2D eigenvalue weighted by Gasteiger charge is -2.30. The van der Waals surface area contributed by atoms with Crippen LogP contribution in [0.1, 0.15) is 25.7 Å². The predicted molar refractivity (Wildman–Crippen MR) is 46.4 cm³/mol. The first kappa shape index (κ1) is 7.56. The number of hydrogen-bond acceptors (Lipinski definition) is 2. The molecule has 2 nitrogen and oxygen atoms in total. The Hall–Kier alpha value is -0.0800. The van der Waals surface area contributed by atoms with E-state index in [1.807, 2.05) is 0 Å². The van der Waals surface area contributed by atoms with E-state index in [2.05, 4.69) is 4.90 Å². The van der Waals surface area contributed by atoms with E-state index in [-0.39, 0.29) is 0 Å². The summed E-state index contributed by atoms with van der Waals surface area (Å²) >= 11 is 0. The highest BCUT2D eigenvalue weighted by Crippen LogP contribution is 2.30. The summed E-state index contributed by atoms with van der Waals surface area (Å²) < 4.78 is 0. The first-order chi connectivity index (χ1) is 5.34. The Kier molecular flexibility index (Phi) is 2.14. The van der Waals surface area contributed by atoms with Crippen molar-refractivity contribution < 1.29 is 0 Å². The van der Waals surface area contributed by atoms with Crippen LogP contribution in [0.5, 0.6) is 0 Å². The van der Waals surface area contributed by atoms with Gasteiger partial charge in [-0.1, -0.05) is 0 Å². The van der Waals surface area contributed by atoms with E-state index in [0.29, 0.717) is 6.04 Å². The van der Waals surface area contributed by atoms with Gasteiger partial charge in [0, 0.05) is 19.1 Å². The molecule has 1 heterocycles. The lowest BCUT2D eigenvalue weighted by molar-refractivity contribution is 0.201. The Balaban J connectivity index is 1.73. The summed E-state index contributed by atoms with van der Waals surface area (Å²) in [6.07, 6.45) is 5.48. The van der Waals surface area contributed by atoms with Crippen molar-refractivity contribution in [3.05, 3.63) is 0 Å². The standard InChI is InChI=1S/C9H18N2/c10-9-2-1-5-11(7-9)6-8-3-4-8/h8-9H,1-7,10H2/t9-/m1/s1. The van der Waals surface area contributed by atoms with Gasteiger partial charge in [0.05, 0.1) is 0 Å². The van der Waals surface area contributed by atoms with Gasteiger partial charge in [0.1, 0.15) is 0 Å². The Bertz CT molecular complexity index is 130. The van der Waals surface area contributed by atoms with Crippen molar-refractivity contribution in [2.75, 3.05) is 19.6 Å². The molecule has 1 saturated heterocycles. The molecule has 0 amide bonds. The van der Waals surface area contributed by atoms with Gasteiger partial charge in [-0.2, -0.15) is 0 Å². The molecule has 1 aliphatic heterocycles. The van der Waals surface area contributed by atoms with Gasteiger partial charge in [-0.3, -0.25) is 0 Å². The third-order valence-electron chi connectivity index (χ3n) is 2.76. The topological polar surface area (TPSA) is 29.3 Å². The lowest BCUT2D eigenvalue weighted by atomic mass is 10.1. The van der Waals surface area contributed by atoms with Crippen LogP contribution in [0.15, 0.2) is 0 Å². The first-order valence-electron chi connectivity index (χ1n) is 4.82. The van der Waals surface area contributed by atoms with E-state index in [1.165, 1.54) is 38.8 Å². The Morgan fingerprint density at radius 3 is 2.73 bits per heavy atom. The highest BCUT2D eigenvalue weighted by molar-refractivity contribution is 4.81. The highest BCUT2D eigenvalue weighted by atomic mass is 15.1. The molecular formula is C9H18N2. The summed E-state index contributed by atoms with van der Waals surface area (Å²) in [6.45, 7) is 3.77. The molecule has 2 N–H and O–H groups in total. The van der Waals surface area contributed by atoms with E-state index in [0.717, 1.165) is 12.5 Å². The van der Waals surface area contributed by atoms with Gasteiger partial charge >= 0.3 is 0 Å². The van der Waals surface area contributed by atoms with Gasteiger partial charge in [-0.05, 0) is 38.1 Å². The number of hydrogen-bond donors (Lipinski definition) is 1. The van der Waals surface area contributed by atoms with Crippen LogP contribution in [-0.2, 0) is 0 Å². The van der Waals surface area contributed by atoms with Crippen molar-refractivity contribution >= 4 is 0 Å². The van der Waals surface area contributed by atoms with Crippen molar-refractivity contribution in [3.63, 3.8) is 0 Å². The maximum absolute atomic E-state index is 5.88. The molecule has 1 atom stereocenters. The lowest BCUT2D eigenvalue weighted by Crippen LogP contribution is -2.43. The molecule has 11 heavy (non-hydrogen) atoms. The SMILES string of the molecule is N[C@@H]1CCCN(CC2CC2)C1. The second kappa shape index (κ2) is 3.11. The summed E-state index contributed by atoms with van der Waals surface area (Å²) in [5, 5.41) is 0. The maximum atomic E-state index is 5.88.